The van der Waals surface area contributed by atoms with E-state index >= 15 is 0 Å². The number of aryl methyl sites for hydroxylation is 1. The average molecular weight is 372 g/mol. The number of thiazole rings is 1. The minimum atomic E-state index is -3.02. The van der Waals surface area contributed by atoms with Crippen LogP contribution in [-0.4, -0.2) is 66.8 Å². The molecule has 1 aromatic heterocycles. The van der Waals surface area contributed by atoms with Crippen LogP contribution in [0.1, 0.15) is 29.1 Å². The Hall–Kier alpha value is -0.990. The van der Waals surface area contributed by atoms with Crippen molar-refractivity contribution < 1.29 is 13.2 Å². The van der Waals surface area contributed by atoms with Crippen LogP contribution < -0.4 is 0 Å². The molecule has 3 rings (SSSR count). The molecule has 0 aromatic carbocycles. The number of aromatic nitrogens is 1. The maximum absolute atomic E-state index is 12.3. The first-order valence-electron chi connectivity index (χ1n) is 8.41. The third-order valence-corrected chi connectivity index (χ3v) is 6.80. The van der Waals surface area contributed by atoms with Gasteiger partial charge >= 0.3 is 0 Å². The van der Waals surface area contributed by atoms with Crippen LogP contribution in [0, 0.1) is 12.8 Å². The number of carbonyl (C=O) groups excluding carboxylic acids is 1. The van der Waals surface area contributed by atoms with Gasteiger partial charge in [0, 0.05) is 56.0 Å². The number of carbonyl (C=O) groups is 1. The molecule has 3 heterocycles. The highest BCUT2D eigenvalue weighted by Crippen LogP contribution is 2.27. The Bertz CT molecular complexity index is 693. The predicted octanol–water partition coefficient (Wildman–Crippen LogP) is 1.31. The highest BCUT2D eigenvalue weighted by molar-refractivity contribution is 7.90. The van der Waals surface area contributed by atoms with Gasteiger partial charge in [-0.05, 0) is 25.7 Å². The lowest BCUT2D eigenvalue weighted by Crippen LogP contribution is -2.45. The Labute approximate surface area is 147 Å². The molecule has 2 saturated heterocycles. The molecule has 134 valence electrons. The van der Waals surface area contributed by atoms with Gasteiger partial charge < -0.3 is 4.90 Å². The van der Waals surface area contributed by atoms with E-state index in [2.05, 4.69) is 9.88 Å². The Balaban J connectivity index is 1.50. The molecular formula is C16H25N3O3S2. The minimum absolute atomic E-state index is 0.0364. The molecule has 8 heteroatoms. The van der Waals surface area contributed by atoms with Crippen molar-refractivity contribution in [2.45, 2.75) is 38.8 Å². The zero-order valence-electron chi connectivity index (χ0n) is 14.3. The number of nitrogens with zero attached hydrogens (tertiary/aromatic N) is 3. The normalized spacial score (nSPS) is 24.0. The predicted molar refractivity (Wildman–Crippen MR) is 94.7 cm³/mol. The van der Waals surface area contributed by atoms with E-state index in [1.807, 2.05) is 18.0 Å². The van der Waals surface area contributed by atoms with Crippen LogP contribution in [0.25, 0.3) is 0 Å². The average Bonchev–Trinajstić information content (AvgIpc) is 3.04. The van der Waals surface area contributed by atoms with Gasteiger partial charge in [-0.15, -0.1) is 11.3 Å². The lowest BCUT2D eigenvalue weighted by molar-refractivity contribution is -0.130. The maximum Gasteiger partial charge on any atom is 0.223 e. The van der Waals surface area contributed by atoms with Crippen molar-refractivity contribution in [3.05, 3.63) is 16.1 Å². The zero-order chi connectivity index (χ0) is 17.3. The van der Waals surface area contributed by atoms with Crippen molar-refractivity contribution in [2.24, 2.45) is 5.92 Å². The van der Waals surface area contributed by atoms with Gasteiger partial charge in [-0.2, -0.15) is 0 Å². The van der Waals surface area contributed by atoms with Gasteiger partial charge in [-0.1, -0.05) is 0 Å². The molecule has 2 fully saturated rings. The second-order valence-corrected chi connectivity index (χ2v) is 10.6. The number of likely N-dealkylation sites (tertiary alicyclic amines) is 2. The molecule has 1 aromatic rings. The van der Waals surface area contributed by atoms with Crippen molar-refractivity contribution in [3.8, 4) is 0 Å². The van der Waals surface area contributed by atoms with Crippen LogP contribution in [0.2, 0.25) is 0 Å². The highest BCUT2D eigenvalue weighted by atomic mass is 32.2. The summed E-state index contributed by atoms with van der Waals surface area (Å²) < 4.78 is 22.9. The summed E-state index contributed by atoms with van der Waals surface area (Å²) in [6.45, 7) is 5.50. The summed E-state index contributed by atoms with van der Waals surface area (Å²) in [5.41, 5.74) is 0. The second-order valence-electron chi connectivity index (χ2n) is 7.06. The molecule has 0 radical (unpaired) electrons. The molecule has 0 N–H and O–H groups in total. The molecule has 0 aliphatic carbocycles. The summed E-state index contributed by atoms with van der Waals surface area (Å²) in [5.74, 6) is 0.213. The Morgan fingerprint density at radius 1 is 1.33 bits per heavy atom. The van der Waals surface area contributed by atoms with Crippen LogP contribution in [0.5, 0.6) is 0 Å². The van der Waals surface area contributed by atoms with Crippen LogP contribution >= 0.6 is 11.3 Å². The highest BCUT2D eigenvalue weighted by Gasteiger charge is 2.36. The van der Waals surface area contributed by atoms with E-state index in [1.54, 1.807) is 11.3 Å². The van der Waals surface area contributed by atoms with Crippen molar-refractivity contribution >= 4 is 27.1 Å². The Kier molecular flexibility index (Phi) is 5.27. The van der Waals surface area contributed by atoms with Crippen molar-refractivity contribution in [2.75, 3.05) is 31.6 Å². The number of piperidine rings is 1. The first-order chi connectivity index (χ1) is 11.3. The van der Waals surface area contributed by atoms with Gasteiger partial charge in [-0.3, -0.25) is 9.69 Å². The summed E-state index contributed by atoms with van der Waals surface area (Å²) in [7, 11) is -3.02. The fourth-order valence-corrected chi connectivity index (χ4v) is 5.71. The van der Waals surface area contributed by atoms with Crippen molar-refractivity contribution in [1.82, 2.24) is 14.8 Å². The summed E-state index contributed by atoms with van der Waals surface area (Å²) in [6, 6.07) is 0.265. The molecular weight excluding hydrogens is 346 g/mol. The number of hydrogen-bond donors (Lipinski definition) is 0. The first-order valence-corrected chi connectivity index (χ1v) is 11.3. The van der Waals surface area contributed by atoms with Crippen LogP contribution in [0.4, 0.5) is 0 Å². The standard InChI is InChI=1S/C16H25N3O3S2/c1-12-17-8-15(23-12)10-18-5-3-14(4-6-18)19-9-13(7-16(19)20)11-24(2,21)22/h8,13-14H,3-7,9-11H2,1-2H3. The Morgan fingerprint density at radius 3 is 2.62 bits per heavy atom. The minimum Gasteiger partial charge on any atom is -0.339 e. The number of hydrogen-bond acceptors (Lipinski definition) is 6. The molecule has 0 saturated carbocycles. The van der Waals surface area contributed by atoms with Crippen LogP contribution in [0.3, 0.4) is 0 Å². The molecule has 2 aliphatic rings. The van der Waals surface area contributed by atoms with E-state index < -0.39 is 9.84 Å². The maximum atomic E-state index is 12.3. The first kappa shape index (κ1) is 17.8. The number of amides is 1. The van der Waals surface area contributed by atoms with Gasteiger partial charge in [0.1, 0.15) is 9.84 Å². The second kappa shape index (κ2) is 7.09. The van der Waals surface area contributed by atoms with Gasteiger partial charge in [-0.25, -0.2) is 13.4 Å². The van der Waals surface area contributed by atoms with E-state index in [4.69, 9.17) is 0 Å². The van der Waals surface area contributed by atoms with Gasteiger partial charge in [0.05, 0.1) is 10.8 Å². The lowest BCUT2D eigenvalue weighted by atomic mass is 10.0. The molecule has 0 spiro atoms. The lowest BCUT2D eigenvalue weighted by Gasteiger charge is -2.36. The molecule has 1 atom stereocenters. The van der Waals surface area contributed by atoms with E-state index in [-0.39, 0.29) is 23.6 Å². The molecule has 0 bridgehead atoms. The molecule has 2 aliphatic heterocycles. The smallest absolute Gasteiger partial charge is 0.223 e. The van der Waals surface area contributed by atoms with Crippen LogP contribution in [0.15, 0.2) is 6.20 Å². The molecule has 1 unspecified atom stereocenters. The van der Waals surface area contributed by atoms with Crippen molar-refractivity contribution in [3.63, 3.8) is 0 Å². The molecule has 24 heavy (non-hydrogen) atoms. The largest absolute Gasteiger partial charge is 0.339 e. The fraction of sp³-hybridized carbons (Fsp3) is 0.750. The quantitative estimate of drug-likeness (QED) is 0.780. The van der Waals surface area contributed by atoms with Gasteiger partial charge in [0.2, 0.25) is 5.91 Å². The summed E-state index contributed by atoms with van der Waals surface area (Å²) in [4.78, 5) is 22.2. The molecule has 1 amide bonds. The van der Waals surface area contributed by atoms with E-state index in [0.717, 1.165) is 37.5 Å². The van der Waals surface area contributed by atoms with E-state index in [0.29, 0.717) is 13.0 Å². The molecule has 6 nitrogen and oxygen atoms in total. The topological polar surface area (TPSA) is 70.6 Å². The SMILES string of the molecule is Cc1ncc(CN2CCC(N3CC(CS(C)(=O)=O)CC3=O)CC2)s1. The summed E-state index contributed by atoms with van der Waals surface area (Å²) in [5, 5.41) is 1.10. The fourth-order valence-electron chi connectivity index (χ4n) is 3.79. The number of rotatable bonds is 5. The third kappa shape index (κ3) is 4.55. The van der Waals surface area contributed by atoms with Gasteiger partial charge in [0.25, 0.3) is 0 Å². The number of sulfone groups is 1. The summed E-state index contributed by atoms with van der Waals surface area (Å²) in [6.07, 6.45) is 5.52. The van der Waals surface area contributed by atoms with Crippen LogP contribution in [-0.2, 0) is 21.2 Å². The van der Waals surface area contributed by atoms with Gasteiger partial charge in [0.15, 0.2) is 0 Å². The third-order valence-electron chi connectivity index (χ3n) is 4.82. The summed E-state index contributed by atoms with van der Waals surface area (Å²) >= 11 is 1.74. The van der Waals surface area contributed by atoms with Crippen molar-refractivity contribution in [1.29, 1.82) is 0 Å². The Morgan fingerprint density at radius 2 is 2.04 bits per heavy atom. The zero-order valence-corrected chi connectivity index (χ0v) is 15.9. The monoisotopic (exact) mass is 371 g/mol. The van der Waals surface area contributed by atoms with E-state index in [9.17, 15) is 13.2 Å². The van der Waals surface area contributed by atoms with E-state index in [1.165, 1.54) is 11.1 Å².